The molecule has 2 aliphatic rings. The topological polar surface area (TPSA) is 51.1 Å². The Labute approximate surface area is 118 Å². The Balaban J connectivity index is 2.11. The van der Waals surface area contributed by atoms with Crippen LogP contribution in [-0.2, 0) is 0 Å². The van der Waals surface area contributed by atoms with Crippen LogP contribution < -0.4 is 15.5 Å². The van der Waals surface area contributed by atoms with E-state index < -0.39 is 0 Å². The second-order valence-corrected chi connectivity index (χ2v) is 6.46. The Bertz CT molecular complexity index is 616. The van der Waals surface area contributed by atoms with Gasteiger partial charge in [-0.05, 0) is 51.2 Å². The zero-order valence-electron chi connectivity index (χ0n) is 11.2. The molecule has 19 heavy (non-hydrogen) atoms. The summed E-state index contributed by atoms with van der Waals surface area (Å²) in [5, 5.41) is 16.7. The zero-order valence-corrected chi connectivity index (χ0v) is 12.1. The van der Waals surface area contributed by atoms with E-state index >= 15 is 0 Å². The van der Waals surface area contributed by atoms with E-state index in [1.807, 2.05) is 18.2 Å². The summed E-state index contributed by atoms with van der Waals surface area (Å²) in [6, 6.07) is 7.85. The van der Waals surface area contributed by atoms with Crippen molar-refractivity contribution in [1.29, 1.82) is 5.26 Å². The van der Waals surface area contributed by atoms with E-state index in [0.717, 1.165) is 17.8 Å². The van der Waals surface area contributed by atoms with Gasteiger partial charge in [0, 0.05) is 12.0 Å². The van der Waals surface area contributed by atoms with Crippen LogP contribution in [0, 0.1) is 11.3 Å². The van der Waals surface area contributed by atoms with Crippen LogP contribution in [0.4, 0.5) is 11.4 Å². The van der Waals surface area contributed by atoms with Crippen molar-refractivity contribution < 1.29 is 0 Å². The summed E-state index contributed by atoms with van der Waals surface area (Å²) >= 11 is 5.51. The van der Waals surface area contributed by atoms with Crippen LogP contribution in [0.2, 0.25) is 0 Å². The summed E-state index contributed by atoms with van der Waals surface area (Å²) in [6.45, 7) is 6.44. The molecule has 1 unspecified atom stereocenters. The number of hydrogen-bond acceptors (Lipinski definition) is 3. The summed E-state index contributed by atoms with van der Waals surface area (Å²) in [6.07, 6.45) is 0.913. The molecule has 0 aromatic heterocycles. The quantitative estimate of drug-likeness (QED) is 0.711. The lowest BCUT2D eigenvalue weighted by Crippen LogP contribution is -2.67. The van der Waals surface area contributed by atoms with E-state index in [1.165, 1.54) is 0 Å². The van der Waals surface area contributed by atoms with Crippen LogP contribution in [0.3, 0.4) is 0 Å². The molecule has 1 saturated heterocycles. The first-order valence-corrected chi connectivity index (χ1v) is 6.70. The summed E-state index contributed by atoms with van der Waals surface area (Å²) in [4.78, 5) is 2.09. The molecule has 2 N–H and O–H groups in total. The van der Waals surface area contributed by atoms with Crippen LogP contribution in [0.5, 0.6) is 0 Å². The van der Waals surface area contributed by atoms with Gasteiger partial charge in [-0.2, -0.15) is 5.26 Å². The van der Waals surface area contributed by atoms with E-state index in [1.54, 1.807) is 0 Å². The molecule has 0 aliphatic carbocycles. The van der Waals surface area contributed by atoms with Gasteiger partial charge in [-0.3, -0.25) is 4.90 Å². The third kappa shape index (κ3) is 1.75. The zero-order chi connectivity index (χ0) is 13.8. The Hall–Kier alpha value is -1.80. The molecule has 0 radical (unpaired) electrons. The van der Waals surface area contributed by atoms with Crippen LogP contribution >= 0.6 is 12.2 Å². The minimum absolute atomic E-state index is 0.0462. The Morgan fingerprint density at radius 2 is 2.05 bits per heavy atom. The largest absolute Gasteiger partial charge is 0.361 e. The third-order valence-corrected chi connectivity index (χ3v) is 3.98. The molecule has 1 atom stereocenters. The minimum atomic E-state index is -0.234. The fourth-order valence-electron chi connectivity index (χ4n) is 3.21. The van der Waals surface area contributed by atoms with E-state index in [4.69, 9.17) is 17.5 Å². The van der Waals surface area contributed by atoms with Gasteiger partial charge in [-0.1, -0.05) is 0 Å². The van der Waals surface area contributed by atoms with Crippen molar-refractivity contribution in [3.05, 3.63) is 23.8 Å². The average Bonchev–Trinajstić information content (AvgIpc) is 2.57. The van der Waals surface area contributed by atoms with Gasteiger partial charge in [-0.25, -0.2) is 0 Å². The highest BCUT2D eigenvalue weighted by Gasteiger charge is 2.49. The van der Waals surface area contributed by atoms with Gasteiger partial charge in [0.15, 0.2) is 5.11 Å². The van der Waals surface area contributed by atoms with Crippen LogP contribution in [0.25, 0.3) is 0 Å². The first kappa shape index (κ1) is 12.2. The summed E-state index contributed by atoms with van der Waals surface area (Å²) in [5.41, 5.74) is 2.38. The molecule has 0 spiro atoms. The van der Waals surface area contributed by atoms with E-state index in [-0.39, 0.29) is 11.2 Å². The highest BCUT2D eigenvalue weighted by molar-refractivity contribution is 7.80. The lowest BCUT2D eigenvalue weighted by Gasteiger charge is -2.48. The van der Waals surface area contributed by atoms with E-state index in [2.05, 4.69) is 42.4 Å². The highest BCUT2D eigenvalue weighted by Crippen LogP contribution is 2.45. The SMILES string of the molecule is CC1(C)CC2(C)Nc3ccc(C#N)cc3N2C(=S)N1. The lowest BCUT2D eigenvalue weighted by molar-refractivity contribution is 0.310. The number of nitriles is 1. The van der Waals surface area contributed by atoms with Crippen molar-refractivity contribution in [2.45, 2.75) is 38.4 Å². The maximum Gasteiger partial charge on any atom is 0.175 e. The summed E-state index contributed by atoms with van der Waals surface area (Å²) in [7, 11) is 0. The molecule has 0 bridgehead atoms. The first-order chi connectivity index (χ1) is 8.85. The first-order valence-electron chi connectivity index (χ1n) is 6.29. The number of anilines is 2. The molecule has 3 rings (SSSR count). The number of nitrogens with zero attached hydrogens (tertiary/aromatic N) is 2. The molecular formula is C14H16N4S. The van der Waals surface area contributed by atoms with Gasteiger partial charge in [0.1, 0.15) is 5.66 Å². The number of hydrogen-bond donors (Lipinski definition) is 2. The molecule has 0 saturated carbocycles. The predicted octanol–water partition coefficient (Wildman–Crippen LogP) is 2.56. The van der Waals surface area contributed by atoms with Gasteiger partial charge >= 0.3 is 0 Å². The Morgan fingerprint density at radius 3 is 2.74 bits per heavy atom. The number of fused-ring (bicyclic) bond motifs is 3. The van der Waals surface area contributed by atoms with Crippen LogP contribution in [0.1, 0.15) is 32.8 Å². The molecule has 4 nitrogen and oxygen atoms in total. The molecular weight excluding hydrogens is 256 g/mol. The minimum Gasteiger partial charge on any atom is -0.361 e. The molecule has 98 valence electrons. The fourth-order valence-corrected chi connectivity index (χ4v) is 3.79. The van der Waals surface area contributed by atoms with Crippen molar-refractivity contribution in [3.8, 4) is 6.07 Å². The normalized spacial score (nSPS) is 26.8. The fraction of sp³-hybridized carbons (Fsp3) is 0.429. The third-order valence-electron chi connectivity index (χ3n) is 3.70. The summed E-state index contributed by atoms with van der Waals surface area (Å²) < 4.78 is 0. The van der Waals surface area contributed by atoms with Crippen molar-refractivity contribution in [2.24, 2.45) is 0 Å². The molecule has 5 heteroatoms. The monoisotopic (exact) mass is 272 g/mol. The standard InChI is InChI=1S/C14H16N4S/c1-13(2)8-14(3)16-10-5-4-9(7-15)6-11(10)18(14)12(19)17-13/h4-6,16H,8H2,1-3H3,(H,17,19). The molecule has 0 amide bonds. The number of rotatable bonds is 0. The van der Waals surface area contributed by atoms with E-state index in [0.29, 0.717) is 10.7 Å². The maximum atomic E-state index is 9.04. The predicted molar refractivity (Wildman–Crippen MR) is 80.1 cm³/mol. The molecule has 1 aromatic carbocycles. The van der Waals surface area contributed by atoms with Crippen LogP contribution in [-0.4, -0.2) is 16.3 Å². The second-order valence-electron chi connectivity index (χ2n) is 6.07. The Morgan fingerprint density at radius 1 is 1.32 bits per heavy atom. The van der Waals surface area contributed by atoms with Gasteiger partial charge in [0.2, 0.25) is 0 Å². The number of nitrogens with one attached hydrogen (secondary N) is 2. The maximum absolute atomic E-state index is 9.04. The average molecular weight is 272 g/mol. The molecule has 1 fully saturated rings. The van der Waals surface area contributed by atoms with E-state index in [9.17, 15) is 0 Å². The molecule has 2 aliphatic heterocycles. The van der Waals surface area contributed by atoms with Gasteiger partial charge in [0.25, 0.3) is 0 Å². The van der Waals surface area contributed by atoms with Crippen molar-refractivity contribution >= 4 is 28.7 Å². The van der Waals surface area contributed by atoms with Gasteiger partial charge < -0.3 is 10.6 Å². The lowest BCUT2D eigenvalue weighted by atomic mass is 9.89. The Kier molecular flexibility index (Phi) is 2.33. The van der Waals surface area contributed by atoms with Gasteiger partial charge in [-0.15, -0.1) is 0 Å². The van der Waals surface area contributed by atoms with Crippen molar-refractivity contribution in [3.63, 3.8) is 0 Å². The molecule has 1 aromatic rings. The highest BCUT2D eigenvalue weighted by atomic mass is 32.1. The molecule has 2 heterocycles. The summed E-state index contributed by atoms with van der Waals surface area (Å²) in [5.74, 6) is 0. The smallest absolute Gasteiger partial charge is 0.175 e. The van der Waals surface area contributed by atoms with Crippen molar-refractivity contribution in [1.82, 2.24) is 5.32 Å². The number of thiocarbonyl (C=S) groups is 1. The van der Waals surface area contributed by atoms with Crippen molar-refractivity contribution in [2.75, 3.05) is 10.2 Å². The second kappa shape index (κ2) is 3.61. The van der Waals surface area contributed by atoms with Gasteiger partial charge in [0.05, 0.1) is 23.0 Å². The number of benzene rings is 1. The van der Waals surface area contributed by atoms with Crippen LogP contribution in [0.15, 0.2) is 18.2 Å².